The summed E-state index contributed by atoms with van der Waals surface area (Å²) in [6.07, 6.45) is 0. The maximum atomic E-state index is 5.22. The van der Waals surface area contributed by atoms with E-state index in [1.807, 2.05) is 23.5 Å². The molecule has 1 unspecified atom stereocenters. The molecule has 1 aromatic carbocycles. The third-order valence-electron chi connectivity index (χ3n) is 3.33. The Morgan fingerprint density at radius 3 is 2.37 bits per heavy atom. The topological polar surface area (TPSA) is 21.3 Å². The van der Waals surface area contributed by atoms with Crippen LogP contribution in [-0.2, 0) is 0 Å². The number of rotatable bonds is 5. The fraction of sp³-hybridized carbons (Fsp3) is 0.375. The van der Waals surface area contributed by atoms with Crippen molar-refractivity contribution in [3.05, 3.63) is 51.2 Å². The average molecular weight is 275 g/mol. The molecular formula is C16H21NOS. The van der Waals surface area contributed by atoms with Gasteiger partial charge in [0.1, 0.15) is 5.75 Å². The van der Waals surface area contributed by atoms with Gasteiger partial charge < -0.3 is 10.1 Å². The monoisotopic (exact) mass is 275 g/mol. The van der Waals surface area contributed by atoms with Gasteiger partial charge in [-0.25, -0.2) is 0 Å². The highest BCUT2D eigenvalue weighted by Crippen LogP contribution is 2.31. The SMILES string of the molecule is CCNC(c1ccc(OC)cc1)c1cc(C)c(C)s1. The molecule has 2 rings (SSSR count). The first-order valence-corrected chi connectivity index (χ1v) is 7.41. The summed E-state index contributed by atoms with van der Waals surface area (Å²) in [7, 11) is 1.70. The van der Waals surface area contributed by atoms with E-state index >= 15 is 0 Å². The van der Waals surface area contributed by atoms with E-state index in [9.17, 15) is 0 Å². The van der Waals surface area contributed by atoms with Gasteiger partial charge >= 0.3 is 0 Å². The second-order valence-electron chi connectivity index (χ2n) is 4.65. The number of methoxy groups -OCH3 is 1. The minimum absolute atomic E-state index is 0.272. The van der Waals surface area contributed by atoms with Crippen LogP contribution in [0.1, 0.15) is 33.8 Å². The highest BCUT2D eigenvalue weighted by molar-refractivity contribution is 7.12. The molecule has 0 spiro atoms. The molecule has 2 nitrogen and oxygen atoms in total. The molecule has 0 bridgehead atoms. The highest BCUT2D eigenvalue weighted by Gasteiger charge is 2.16. The number of thiophene rings is 1. The van der Waals surface area contributed by atoms with Crippen LogP contribution in [0.3, 0.4) is 0 Å². The van der Waals surface area contributed by atoms with Crippen molar-refractivity contribution in [1.29, 1.82) is 0 Å². The van der Waals surface area contributed by atoms with Crippen LogP contribution < -0.4 is 10.1 Å². The number of ether oxygens (including phenoxy) is 1. The molecule has 0 fully saturated rings. The van der Waals surface area contributed by atoms with E-state index in [-0.39, 0.29) is 6.04 Å². The van der Waals surface area contributed by atoms with Crippen molar-refractivity contribution in [2.45, 2.75) is 26.8 Å². The summed E-state index contributed by atoms with van der Waals surface area (Å²) < 4.78 is 5.22. The first-order valence-electron chi connectivity index (χ1n) is 6.60. The lowest BCUT2D eigenvalue weighted by molar-refractivity contribution is 0.414. The fourth-order valence-corrected chi connectivity index (χ4v) is 3.27. The Kier molecular flexibility index (Phi) is 4.61. The zero-order valence-electron chi connectivity index (χ0n) is 12.0. The predicted molar refractivity (Wildman–Crippen MR) is 82.3 cm³/mol. The van der Waals surface area contributed by atoms with Gasteiger partial charge in [0.2, 0.25) is 0 Å². The minimum Gasteiger partial charge on any atom is -0.497 e. The molecule has 0 aliphatic rings. The van der Waals surface area contributed by atoms with Gasteiger partial charge in [0.15, 0.2) is 0 Å². The van der Waals surface area contributed by atoms with Crippen molar-refractivity contribution >= 4 is 11.3 Å². The Hall–Kier alpha value is -1.32. The Morgan fingerprint density at radius 2 is 1.89 bits per heavy atom. The lowest BCUT2D eigenvalue weighted by Crippen LogP contribution is -2.21. The van der Waals surface area contributed by atoms with Crippen LogP contribution in [-0.4, -0.2) is 13.7 Å². The Balaban J connectivity index is 2.33. The van der Waals surface area contributed by atoms with Gasteiger partial charge in [-0.05, 0) is 49.7 Å². The first-order chi connectivity index (χ1) is 9.15. The van der Waals surface area contributed by atoms with Crippen LogP contribution in [0.2, 0.25) is 0 Å². The second-order valence-corrected chi connectivity index (χ2v) is 5.94. The zero-order valence-corrected chi connectivity index (χ0v) is 12.8. The van der Waals surface area contributed by atoms with Crippen LogP contribution >= 0.6 is 11.3 Å². The van der Waals surface area contributed by atoms with Gasteiger partial charge in [-0.2, -0.15) is 0 Å². The van der Waals surface area contributed by atoms with E-state index in [1.165, 1.54) is 20.9 Å². The molecule has 0 saturated heterocycles. The van der Waals surface area contributed by atoms with Gasteiger partial charge in [-0.1, -0.05) is 19.1 Å². The van der Waals surface area contributed by atoms with Crippen molar-refractivity contribution in [2.75, 3.05) is 13.7 Å². The number of nitrogens with one attached hydrogen (secondary N) is 1. The molecule has 1 aromatic heterocycles. The molecule has 2 aromatic rings. The van der Waals surface area contributed by atoms with Gasteiger partial charge in [0.05, 0.1) is 13.2 Å². The Bertz CT molecular complexity index is 511. The summed E-state index contributed by atoms with van der Waals surface area (Å²) in [5.41, 5.74) is 2.65. The molecule has 0 saturated carbocycles. The van der Waals surface area contributed by atoms with Crippen LogP contribution in [0.25, 0.3) is 0 Å². The first kappa shape index (κ1) is 14.1. The van der Waals surface area contributed by atoms with Crippen LogP contribution in [0, 0.1) is 13.8 Å². The summed E-state index contributed by atoms with van der Waals surface area (Å²) >= 11 is 1.87. The van der Waals surface area contributed by atoms with Crippen LogP contribution in [0.5, 0.6) is 5.75 Å². The number of aryl methyl sites for hydroxylation is 2. The lowest BCUT2D eigenvalue weighted by Gasteiger charge is -2.17. The van der Waals surface area contributed by atoms with Gasteiger partial charge in [-0.3, -0.25) is 0 Å². The number of hydrogen-bond acceptors (Lipinski definition) is 3. The summed E-state index contributed by atoms with van der Waals surface area (Å²) in [5, 5.41) is 3.56. The van der Waals surface area contributed by atoms with Crippen molar-refractivity contribution in [3.63, 3.8) is 0 Å². The van der Waals surface area contributed by atoms with Crippen molar-refractivity contribution in [1.82, 2.24) is 5.32 Å². The summed E-state index contributed by atoms with van der Waals surface area (Å²) in [5.74, 6) is 0.900. The molecule has 1 atom stereocenters. The fourth-order valence-electron chi connectivity index (χ4n) is 2.13. The smallest absolute Gasteiger partial charge is 0.118 e. The number of benzene rings is 1. The maximum Gasteiger partial charge on any atom is 0.118 e. The van der Waals surface area contributed by atoms with Crippen molar-refractivity contribution in [2.24, 2.45) is 0 Å². The molecule has 0 amide bonds. The van der Waals surface area contributed by atoms with E-state index < -0.39 is 0 Å². The quantitative estimate of drug-likeness (QED) is 0.888. The van der Waals surface area contributed by atoms with E-state index in [0.29, 0.717) is 0 Å². The van der Waals surface area contributed by atoms with Gasteiger partial charge in [-0.15, -0.1) is 11.3 Å². The molecule has 1 N–H and O–H groups in total. The average Bonchev–Trinajstić information content (AvgIpc) is 2.76. The molecule has 0 radical (unpaired) electrons. The van der Waals surface area contributed by atoms with Crippen molar-refractivity contribution < 1.29 is 4.74 Å². The van der Waals surface area contributed by atoms with E-state index in [1.54, 1.807) is 7.11 Å². The third kappa shape index (κ3) is 3.17. The molecule has 0 aliphatic carbocycles. The molecule has 1 heterocycles. The van der Waals surface area contributed by atoms with E-state index in [4.69, 9.17) is 4.74 Å². The molecule has 3 heteroatoms. The predicted octanol–water partition coefficient (Wildman–Crippen LogP) is 4.07. The number of hydrogen-bond donors (Lipinski definition) is 1. The second kappa shape index (κ2) is 6.22. The minimum atomic E-state index is 0.272. The normalized spacial score (nSPS) is 12.4. The standard InChI is InChI=1S/C16H21NOS/c1-5-17-16(15-10-11(2)12(3)19-15)13-6-8-14(18-4)9-7-13/h6-10,16-17H,5H2,1-4H3. The summed E-state index contributed by atoms with van der Waals surface area (Å²) in [6.45, 7) is 7.45. The molecule has 19 heavy (non-hydrogen) atoms. The third-order valence-corrected chi connectivity index (χ3v) is 4.54. The Labute approximate surface area is 119 Å². The Morgan fingerprint density at radius 1 is 1.21 bits per heavy atom. The van der Waals surface area contributed by atoms with Crippen molar-refractivity contribution in [3.8, 4) is 5.75 Å². The van der Waals surface area contributed by atoms with Crippen LogP contribution in [0.4, 0.5) is 0 Å². The molecule has 0 aliphatic heterocycles. The van der Waals surface area contributed by atoms with Crippen LogP contribution in [0.15, 0.2) is 30.3 Å². The summed E-state index contributed by atoms with van der Waals surface area (Å²) in [4.78, 5) is 2.77. The molecular weight excluding hydrogens is 254 g/mol. The maximum absolute atomic E-state index is 5.22. The molecule has 102 valence electrons. The van der Waals surface area contributed by atoms with E-state index in [2.05, 4.69) is 44.3 Å². The van der Waals surface area contributed by atoms with Gasteiger partial charge in [0, 0.05) is 9.75 Å². The zero-order chi connectivity index (χ0) is 13.8. The largest absolute Gasteiger partial charge is 0.497 e. The van der Waals surface area contributed by atoms with Gasteiger partial charge in [0.25, 0.3) is 0 Å². The van der Waals surface area contributed by atoms with E-state index in [0.717, 1.165) is 12.3 Å². The lowest BCUT2D eigenvalue weighted by atomic mass is 10.0. The summed E-state index contributed by atoms with van der Waals surface area (Å²) in [6, 6.07) is 10.9. The highest BCUT2D eigenvalue weighted by atomic mass is 32.1.